The zero-order valence-electron chi connectivity index (χ0n) is 8.77. The molecule has 78 valence electrons. The SMILES string of the molecule is COc1ccc(Nc2ccn(C)n2)cc1. The molecule has 1 aromatic heterocycles. The molecule has 1 heterocycles. The molecule has 0 atom stereocenters. The molecule has 0 radical (unpaired) electrons. The lowest BCUT2D eigenvalue weighted by atomic mass is 10.3. The number of ether oxygens (including phenoxy) is 1. The lowest BCUT2D eigenvalue weighted by Gasteiger charge is -2.04. The number of aryl methyl sites for hydroxylation is 1. The molecule has 2 aromatic rings. The van der Waals surface area contributed by atoms with Crippen molar-refractivity contribution in [2.75, 3.05) is 12.4 Å². The van der Waals surface area contributed by atoms with E-state index < -0.39 is 0 Å². The molecule has 0 bridgehead atoms. The highest BCUT2D eigenvalue weighted by molar-refractivity contribution is 5.56. The largest absolute Gasteiger partial charge is 0.497 e. The molecule has 1 aromatic carbocycles. The van der Waals surface area contributed by atoms with E-state index in [0.717, 1.165) is 17.3 Å². The Morgan fingerprint density at radius 2 is 1.93 bits per heavy atom. The van der Waals surface area contributed by atoms with E-state index in [1.807, 2.05) is 43.6 Å². The molecule has 0 spiro atoms. The molecule has 0 aliphatic heterocycles. The lowest BCUT2D eigenvalue weighted by Crippen LogP contribution is -1.93. The van der Waals surface area contributed by atoms with Crippen molar-refractivity contribution in [2.24, 2.45) is 7.05 Å². The second kappa shape index (κ2) is 4.04. The molecule has 0 fully saturated rings. The van der Waals surface area contributed by atoms with Crippen molar-refractivity contribution in [3.05, 3.63) is 36.5 Å². The monoisotopic (exact) mass is 203 g/mol. The summed E-state index contributed by atoms with van der Waals surface area (Å²) in [5, 5.41) is 7.41. The van der Waals surface area contributed by atoms with Crippen LogP contribution in [0.1, 0.15) is 0 Å². The third kappa shape index (κ3) is 2.28. The van der Waals surface area contributed by atoms with Crippen molar-refractivity contribution in [3.63, 3.8) is 0 Å². The van der Waals surface area contributed by atoms with Crippen molar-refractivity contribution >= 4 is 11.5 Å². The molecular formula is C11H13N3O. The van der Waals surface area contributed by atoms with Crippen LogP contribution in [0.3, 0.4) is 0 Å². The summed E-state index contributed by atoms with van der Waals surface area (Å²) in [6.45, 7) is 0. The van der Waals surface area contributed by atoms with E-state index in [-0.39, 0.29) is 0 Å². The molecular weight excluding hydrogens is 190 g/mol. The summed E-state index contributed by atoms with van der Waals surface area (Å²) in [6.07, 6.45) is 1.89. The van der Waals surface area contributed by atoms with Gasteiger partial charge in [-0.25, -0.2) is 0 Å². The zero-order chi connectivity index (χ0) is 10.7. The number of nitrogens with zero attached hydrogens (tertiary/aromatic N) is 2. The summed E-state index contributed by atoms with van der Waals surface area (Å²) in [5.41, 5.74) is 0.995. The van der Waals surface area contributed by atoms with Gasteiger partial charge in [-0.2, -0.15) is 5.10 Å². The summed E-state index contributed by atoms with van der Waals surface area (Å²) in [5.74, 6) is 1.68. The first-order valence-electron chi connectivity index (χ1n) is 4.68. The third-order valence-electron chi connectivity index (χ3n) is 2.08. The van der Waals surface area contributed by atoms with Gasteiger partial charge in [-0.15, -0.1) is 0 Å². The predicted molar refractivity (Wildman–Crippen MR) is 59.5 cm³/mol. The van der Waals surface area contributed by atoms with Crippen LogP contribution in [0, 0.1) is 0 Å². The lowest BCUT2D eigenvalue weighted by molar-refractivity contribution is 0.415. The first-order valence-corrected chi connectivity index (χ1v) is 4.68. The number of hydrogen-bond donors (Lipinski definition) is 1. The van der Waals surface area contributed by atoms with Gasteiger partial charge in [-0.1, -0.05) is 0 Å². The van der Waals surface area contributed by atoms with E-state index >= 15 is 0 Å². The van der Waals surface area contributed by atoms with Crippen LogP contribution >= 0.6 is 0 Å². The minimum absolute atomic E-state index is 0.836. The fraction of sp³-hybridized carbons (Fsp3) is 0.182. The molecule has 0 unspecified atom stereocenters. The highest BCUT2D eigenvalue weighted by Crippen LogP contribution is 2.18. The number of aromatic nitrogens is 2. The summed E-state index contributed by atoms with van der Waals surface area (Å²) in [7, 11) is 3.54. The van der Waals surface area contributed by atoms with Crippen LogP contribution in [0.5, 0.6) is 5.75 Å². The van der Waals surface area contributed by atoms with Gasteiger partial charge in [0, 0.05) is 25.0 Å². The predicted octanol–water partition coefficient (Wildman–Crippen LogP) is 2.17. The number of benzene rings is 1. The fourth-order valence-corrected chi connectivity index (χ4v) is 1.30. The molecule has 1 N–H and O–H groups in total. The minimum atomic E-state index is 0.836. The highest BCUT2D eigenvalue weighted by atomic mass is 16.5. The Labute approximate surface area is 88.5 Å². The Kier molecular flexibility index (Phi) is 2.58. The Morgan fingerprint density at radius 3 is 2.47 bits per heavy atom. The smallest absolute Gasteiger partial charge is 0.152 e. The molecule has 4 nitrogen and oxygen atoms in total. The van der Waals surface area contributed by atoms with Crippen molar-refractivity contribution < 1.29 is 4.74 Å². The number of nitrogens with one attached hydrogen (secondary N) is 1. The zero-order valence-corrected chi connectivity index (χ0v) is 8.77. The molecule has 15 heavy (non-hydrogen) atoms. The third-order valence-corrected chi connectivity index (χ3v) is 2.08. The Morgan fingerprint density at radius 1 is 1.20 bits per heavy atom. The summed E-state index contributed by atoms with van der Waals surface area (Å²) < 4.78 is 6.83. The Balaban J connectivity index is 2.11. The average molecular weight is 203 g/mol. The number of methoxy groups -OCH3 is 1. The van der Waals surface area contributed by atoms with E-state index in [9.17, 15) is 0 Å². The quantitative estimate of drug-likeness (QED) is 0.831. The number of hydrogen-bond acceptors (Lipinski definition) is 3. The van der Waals surface area contributed by atoms with Gasteiger partial charge in [0.15, 0.2) is 5.82 Å². The van der Waals surface area contributed by atoms with Gasteiger partial charge in [0.05, 0.1) is 7.11 Å². The van der Waals surface area contributed by atoms with E-state index in [0.29, 0.717) is 0 Å². The number of anilines is 2. The van der Waals surface area contributed by atoms with Gasteiger partial charge in [-0.3, -0.25) is 4.68 Å². The molecule has 0 aliphatic rings. The maximum absolute atomic E-state index is 5.08. The van der Waals surface area contributed by atoms with Gasteiger partial charge in [0.2, 0.25) is 0 Å². The van der Waals surface area contributed by atoms with Crippen molar-refractivity contribution in [1.82, 2.24) is 9.78 Å². The van der Waals surface area contributed by atoms with Gasteiger partial charge in [0.1, 0.15) is 5.75 Å². The highest BCUT2D eigenvalue weighted by Gasteiger charge is 1.97. The van der Waals surface area contributed by atoms with Crippen LogP contribution in [0.15, 0.2) is 36.5 Å². The van der Waals surface area contributed by atoms with Gasteiger partial charge < -0.3 is 10.1 Å². The summed E-state index contributed by atoms with van der Waals surface area (Å²) in [6, 6.07) is 9.64. The van der Waals surface area contributed by atoms with Crippen LogP contribution in [0.25, 0.3) is 0 Å². The van der Waals surface area contributed by atoms with Crippen molar-refractivity contribution in [3.8, 4) is 5.75 Å². The van der Waals surface area contributed by atoms with Crippen molar-refractivity contribution in [1.29, 1.82) is 0 Å². The molecule has 0 amide bonds. The van der Waals surface area contributed by atoms with Crippen LogP contribution in [-0.4, -0.2) is 16.9 Å². The normalized spacial score (nSPS) is 10.0. The van der Waals surface area contributed by atoms with E-state index in [1.54, 1.807) is 11.8 Å². The van der Waals surface area contributed by atoms with E-state index in [2.05, 4.69) is 10.4 Å². The topological polar surface area (TPSA) is 39.1 Å². The van der Waals surface area contributed by atoms with Crippen LogP contribution in [-0.2, 0) is 7.05 Å². The van der Waals surface area contributed by atoms with E-state index in [4.69, 9.17) is 4.74 Å². The molecule has 2 rings (SSSR count). The Hall–Kier alpha value is -1.97. The number of rotatable bonds is 3. The molecule has 0 saturated carbocycles. The maximum Gasteiger partial charge on any atom is 0.152 e. The molecule has 4 heteroatoms. The fourth-order valence-electron chi connectivity index (χ4n) is 1.30. The van der Waals surface area contributed by atoms with E-state index in [1.165, 1.54) is 0 Å². The molecule has 0 saturated heterocycles. The standard InChI is InChI=1S/C11H13N3O/c1-14-8-7-11(13-14)12-9-3-5-10(15-2)6-4-9/h3-8H,1-2H3,(H,12,13). The summed E-state index contributed by atoms with van der Waals surface area (Å²) in [4.78, 5) is 0. The van der Waals surface area contributed by atoms with Crippen molar-refractivity contribution in [2.45, 2.75) is 0 Å². The van der Waals surface area contributed by atoms with Gasteiger partial charge in [0.25, 0.3) is 0 Å². The first kappa shape index (κ1) is 9.58. The minimum Gasteiger partial charge on any atom is -0.497 e. The van der Waals surface area contributed by atoms with Crippen LogP contribution < -0.4 is 10.1 Å². The second-order valence-corrected chi connectivity index (χ2v) is 3.23. The van der Waals surface area contributed by atoms with Gasteiger partial charge in [-0.05, 0) is 24.3 Å². The Bertz CT molecular complexity index is 433. The average Bonchev–Trinajstić information content (AvgIpc) is 2.65. The molecule has 0 aliphatic carbocycles. The first-order chi connectivity index (χ1) is 7.28. The maximum atomic E-state index is 5.08. The summed E-state index contributed by atoms with van der Waals surface area (Å²) >= 11 is 0. The van der Waals surface area contributed by atoms with Crippen LogP contribution in [0.4, 0.5) is 11.5 Å². The second-order valence-electron chi connectivity index (χ2n) is 3.23. The van der Waals surface area contributed by atoms with Crippen LogP contribution in [0.2, 0.25) is 0 Å². The van der Waals surface area contributed by atoms with Gasteiger partial charge >= 0.3 is 0 Å².